The molecule has 5 N–H and O–H groups in total. The first kappa shape index (κ1) is 19.4. The van der Waals surface area contributed by atoms with Gasteiger partial charge in [-0.25, -0.2) is 0 Å². The number of ketones is 1. The first-order valence-corrected chi connectivity index (χ1v) is 7.64. The second kappa shape index (κ2) is 7.95. The lowest BCUT2D eigenvalue weighted by Gasteiger charge is -2.18. The molecule has 136 valence electrons. The van der Waals surface area contributed by atoms with E-state index >= 15 is 0 Å². The number of carbonyl (C=O) groups excluding carboxylic acids is 1. The van der Waals surface area contributed by atoms with Gasteiger partial charge in [0.05, 0.1) is 0 Å². The Morgan fingerprint density at radius 1 is 0.731 bits per heavy atom. The highest BCUT2D eigenvalue weighted by atomic mass is 35.5. The Balaban J connectivity index is 0.00000243. The number of halogens is 1. The van der Waals surface area contributed by atoms with E-state index in [1.807, 2.05) is 0 Å². The van der Waals surface area contributed by atoms with E-state index in [0.29, 0.717) is 35.4 Å². The molecule has 0 radical (unpaired) electrons. The second-order valence-electron chi connectivity index (χ2n) is 5.77. The maximum atomic E-state index is 12.6. The van der Waals surface area contributed by atoms with Crippen LogP contribution in [0.3, 0.4) is 0 Å². The molecule has 2 aromatic carbocycles. The van der Waals surface area contributed by atoms with Gasteiger partial charge >= 0.3 is 0 Å². The monoisotopic (exact) mass is 375 g/mol. The molecule has 0 atom stereocenters. The molecule has 1 fully saturated rings. The summed E-state index contributed by atoms with van der Waals surface area (Å²) in [6, 6.07) is 8.69. The van der Waals surface area contributed by atoms with Crippen molar-refractivity contribution in [1.29, 1.82) is 0 Å². The van der Waals surface area contributed by atoms with Crippen LogP contribution >= 0.6 is 12.4 Å². The quantitative estimate of drug-likeness (QED) is 0.407. The number of phenols is 4. The van der Waals surface area contributed by atoms with E-state index in [1.165, 1.54) is 24.3 Å². The van der Waals surface area contributed by atoms with Gasteiger partial charge in [0.1, 0.15) is 0 Å². The van der Waals surface area contributed by atoms with Crippen molar-refractivity contribution in [2.24, 2.45) is 0 Å². The number of benzene rings is 2. The summed E-state index contributed by atoms with van der Waals surface area (Å²) in [5, 5.41) is 40.9. The van der Waals surface area contributed by atoms with Gasteiger partial charge in [-0.05, 0) is 47.5 Å². The summed E-state index contributed by atoms with van der Waals surface area (Å²) in [6.07, 6.45) is 3.30. The average molecular weight is 376 g/mol. The molecule has 7 heteroatoms. The lowest BCUT2D eigenvalue weighted by molar-refractivity contribution is -0.112. The normalized spacial score (nSPS) is 17.3. The third-order valence-electron chi connectivity index (χ3n) is 3.89. The molecule has 3 rings (SSSR count). The maximum Gasteiger partial charge on any atom is 0.187 e. The number of hydrogen-bond donors (Lipinski definition) is 5. The minimum Gasteiger partial charge on any atom is -0.504 e. The lowest BCUT2D eigenvalue weighted by atomic mass is 9.95. The molecule has 0 amide bonds. The van der Waals surface area contributed by atoms with Gasteiger partial charge in [-0.2, -0.15) is 0 Å². The van der Waals surface area contributed by atoms with Crippen LogP contribution in [0, 0.1) is 0 Å². The Morgan fingerprint density at radius 3 is 1.54 bits per heavy atom. The highest BCUT2D eigenvalue weighted by molar-refractivity contribution is 6.14. The van der Waals surface area contributed by atoms with Crippen LogP contribution in [0.2, 0.25) is 0 Å². The van der Waals surface area contributed by atoms with Crippen molar-refractivity contribution in [2.75, 3.05) is 13.1 Å². The van der Waals surface area contributed by atoms with Crippen molar-refractivity contribution in [2.45, 2.75) is 0 Å². The van der Waals surface area contributed by atoms with Crippen LogP contribution in [-0.4, -0.2) is 39.3 Å². The fourth-order valence-corrected chi connectivity index (χ4v) is 2.59. The molecule has 0 spiro atoms. The molecule has 1 heterocycles. The van der Waals surface area contributed by atoms with Crippen molar-refractivity contribution < 1.29 is 25.2 Å². The fraction of sp³-hybridized carbons (Fsp3) is 0.105. The van der Waals surface area contributed by atoms with Gasteiger partial charge in [-0.1, -0.05) is 12.1 Å². The van der Waals surface area contributed by atoms with Crippen LogP contribution in [0.1, 0.15) is 11.1 Å². The largest absolute Gasteiger partial charge is 0.504 e. The first-order valence-electron chi connectivity index (χ1n) is 7.64. The molecule has 6 nitrogen and oxygen atoms in total. The standard InChI is InChI=1S/C19H17NO5.ClH/c21-15-3-1-11(7-17(15)23)5-13-9-20-10-14(19(13)25)6-12-2-4-16(22)18(24)8-12;/h1-8,20-24H,9-10H2;1H/b13-5+,14-6+;. The minimum atomic E-state index is -0.249. The van der Waals surface area contributed by atoms with Crippen molar-refractivity contribution in [1.82, 2.24) is 5.32 Å². The molecule has 0 saturated carbocycles. The molecule has 0 aromatic heterocycles. The highest BCUT2D eigenvalue weighted by Gasteiger charge is 2.20. The van der Waals surface area contributed by atoms with Crippen LogP contribution in [0.5, 0.6) is 23.0 Å². The Labute approximate surface area is 156 Å². The molecule has 0 aliphatic carbocycles. The van der Waals surface area contributed by atoms with Crippen molar-refractivity contribution in [3.63, 3.8) is 0 Å². The SMILES string of the molecule is Cl.O=C1/C(=C/c2ccc(O)c(O)c2)CNC/C1=C\c1ccc(O)c(O)c1. The predicted molar refractivity (Wildman–Crippen MR) is 101 cm³/mol. The van der Waals surface area contributed by atoms with E-state index in [9.17, 15) is 25.2 Å². The Bertz CT molecular complexity index is 833. The minimum absolute atomic E-state index is 0. The average Bonchev–Trinajstić information content (AvgIpc) is 2.58. The molecule has 0 unspecified atom stereocenters. The number of phenolic OH excluding ortho intramolecular Hbond substituents is 4. The number of nitrogens with one attached hydrogen (secondary N) is 1. The zero-order chi connectivity index (χ0) is 18.0. The van der Waals surface area contributed by atoms with Crippen molar-refractivity contribution in [3.05, 3.63) is 58.7 Å². The molecule has 2 aromatic rings. The van der Waals surface area contributed by atoms with Gasteiger partial charge in [-0.15, -0.1) is 12.4 Å². The predicted octanol–water partition coefficient (Wildman–Crippen LogP) is 2.57. The van der Waals surface area contributed by atoms with Crippen molar-refractivity contribution in [3.8, 4) is 23.0 Å². The third-order valence-corrected chi connectivity index (χ3v) is 3.89. The van der Waals surface area contributed by atoms with E-state index in [4.69, 9.17) is 0 Å². The maximum absolute atomic E-state index is 12.6. The van der Waals surface area contributed by atoms with Crippen LogP contribution in [-0.2, 0) is 4.79 Å². The summed E-state index contributed by atoms with van der Waals surface area (Å²) >= 11 is 0. The van der Waals surface area contributed by atoms with Gasteiger partial charge in [-0.3, -0.25) is 4.79 Å². The van der Waals surface area contributed by atoms with Crippen LogP contribution < -0.4 is 5.32 Å². The number of carbonyl (C=O) groups is 1. The summed E-state index contributed by atoms with van der Waals surface area (Å²) < 4.78 is 0. The number of rotatable bonds is 2. The van der Waals surface area contributed by atoms with E-state index in [1.54, 1.807) is 24.3 Å². The molecule has 1 saturated heterocycles. The Kier molecular flexibility index (Phi) is 5.92. The van der Waals surface area contributed by atoms with E-state index in [0.717, 1.165) is 0 Å². The smallest absolute Gasteiger partial charge is 0.187 e. The zero-order valence-electron chi connectivity index (χ0n) is 13.6. The van der Waals surface area contributed by atoms with Crippen LogP contribution in [0.15, 0.2) is 47.5 Å². The van der Waals surface area contributed by atoms with Gasteiger partial charge in [0.15, 0.2) is 28.8 Å². The number of hydrogen-bond acceptors (Lipinski definition) is 6. The van der Waals surface area contributed by atoms with Gasteiger partial charge in [0.25, 0.3) is 0 Å². The number of piperidine rings is 1. The van der Waals surface area contributed by atoms with Gasteiger partial charge in [0, 0.05) is 24.2 Å². The highest BCUT2D eigenvalue weighted by Crippen LogP contribution is 2.28. The van der Waals surface area contributed by atoms with Crippen LogP contribution in [0.25, 0.3) is 12.2 Å². The third kappa shape index (κ3) is 4.17. The lowest BCUT2D eigenvalue weighted by Crippen LogP contribution is -2.32. The first-order chi connectivity index (χ1) is 11.9. The summed E-state index contributed by atoms with van der Waals surface area (Å²) in [5.74, 6) is -1.08. The molecular formula is C19H18ClNO5. The topological polar surface area (TPSA) is 110 Å². The molecule has 0 bridgehead atoms. The molecule has 26 heavy (non-hydrogen) atoms. The fourth-order valence-electron chi connectivity index (χ4n) is 2.59. The zero-order valence-corrected chi connectivity index (χ0v) is 14.5. The van der Waals surface area contributed by atoms with E-state index in [-0.39, 0.29) is 41.2 Å². The summed E-state index contributed by atoms with van der Waals surface area (Å²) in [4.78, 5) is 12.6. The molecular weight excluding hydrogens is 358 g/mol. The number of aromatic hydroxyl groups is 4. The van der Waals surface area contributed by atoms with Gasteiger partial charge in [0.2, 0.25) is 0 Å². The number of Topliss-reactive ketones (excluding diaryl/α,β-unsaturated/α-hetero) is 1. The van der Waals surface area contributed by atoms with Gasteiger partial charge < -0.3 is 25.7 Å². The molecule has 1 aliphatic heterocycles. The Hall–Kier alpha value is -2.96. The van der Waals surface area contributed by atoms with E-state index in [2.05, 4.69) is 5.32 Å². The molecule has 1 aliphatic rings. The second-order valence-corrected chi connectivity index (χ2v) is 5.77. The summed E-state index contributed by atoms with van der Waals surface area (Å²) in [5.41, 5.74) is 2.24. The Morgan fingerprint density at radius 2 is 1.15 bits per heavy atom. The van der Waals surface area contributed by atoms with E-state index < -0.39 is 0 Å². The van der Waals surface area contributed by atoms with Crippen molar-refractivity contribution >= 4 is 30.3 Å². The van der Waals surface area contributed by atoms with Crippen LogP contribution in [0.4, 0.5) is 0 Å². The summed E-state index contributed by atoms with van der Waals surface area (Å²) in [7, 11) is 0. The summed E-state index contributed by atoms with van der Waals surface area (Å²) in [6.45, 7) is 0.775.